The van der Waals surface area contributed by atoms with Crippen LogP contribution in [0.5, 0.6) is 0 Å². The zero-order valence-electron chi connectivity index (χ0n) is 10.4. The van der Waals surface area contributed by atoms with Crippen LogP contribution in [0.25, 0.3) is 0 Å². The molecular formula is C14H9BrF5N. The molecule has 1 N–H and O–H groups in total. The zero-order valence-corrected chi connectivity index (χ0v) is 12.0. The number of halogens is 6. The van der Waals surface area contributed by atoms with Crippen LogP contribution in [0, 0.1) is 11.6 Å². The van der Waals surface area contributed by atoms with E-state index < -0.39 is 23.4 Å². The Morgan fingerprint density at radius 2 is 1.62 bits per heavy atom. The summed E-state index contributed by atoms with van der Waals surface area (Å²) in [6.45, 7) is 0.182. The lowest BCUT2D eigenvalue weighted by Crippen LogP contribution is -2.09. The van der Waals surface area contributed by atoms with Gasteiger partial charge >= 0.3 is 6.18 Å². The van der Waals surface area contributed by atoms with E-state index in [4.69, 9.17) is 0 Å². The Morgan fingerprint density at radius 1 is 0.952 bits per heavy atom. The van der Waals surface area contributed by atoms with Crippen molar-refractivity contribution in [2.45, 2.75) is 12.7 Å². The Balaban J connectivity index is 2.15. The number of alkyl halides is 3. The molecule has 0 radical (unpaired) electrons. The molecule has 0 unspecified atom stereocenters. The van der Waals surface area contributed by atoms with E-state index >= 15 is 0 Å². The lowest BCUT2D eigenvalue weighted by Gasteiger charge is -2.12. The van der Waals surface area contributed by atoms with E-state index in [-0.39, 0.29) is 16.7 Å². The van der Waals surface area contributed by atoms with E-state index in [0.717, 1.165) is 6.07 Å². The second kappa shape index (κ2) is 6.01. The lowest BCUT2D eigenvalue weighted by molar-refractivity contribution is -0.139. The van der Waals surface area contributed by atoms with Gasteiger partial charge in [0.05, 0.1) is 10.0 Å². The third-order valence-electron chi connectivity index (χ3n) is 2.75. The summed E-state index contributed by atoms with van der Waals surface area (Å²) in [5.74, 6) is -1.75. The minimum absolute atomic E-state index is 0.129. The van der Waals surface area contributed by atoms with Gasteiger partial charge in [0.2, 0.25) is 0 Å². The van der Waals surface area contributed by atoms with Crippen molar-refractivity contribution in [1.29, 1.82) is 0 Å². The van der Waals surface area contributed by atoms with E-state index in [1.165, 1.54) is 24.3 Å². The van der Waals surface area contributed by atoms with E-state index in [1.807, 2.05) is 0 Å². The molecule has 0 aliphatic carbocycles. The first kappa shape index (κ1) is 15.8. The highest BCUT2D eigenvalue weighted by atomic mass is 79.9. The summed E-state index contributed by atoms with van der Waals surface area (Å²) >= 11 is 3.02. The van der Waals surface area contributed by atoms with Gasteiger partial charge in [0.25, 0.3) is 0 Å². The van der Waals surface area contributed by atoms with Crippen LogP contribution in [0.3, 0.4) is 0 Å². The molecule has 0 saturated carbocycles. The van der Waals surface area contributed by atoms with Crippen molar-refractivity contribution in [3.05, 3.63) is 63.6 Å². The number of benzene rings is 2. The molecule has 0 fully saturated rings. The fourth-order valence-electron chi connectivity index (χ4n) is 1.71. The third-order valence-corrected chi connectivity index (χ3v) is 3.36. The second-order valence-electron chi connectivity index (χ2n) is 4.29. The summed E-state index contributed by atoms with van der Waals surface area (Å²) in [7, 11) is 0. The largest absolute Gasteiger partial charge is 0.419 e. The van der Waals surface area contributed by atoms with Crippen LogP contribution >= 0.6 is 15.9 Å². The zero-order chi connectivity index (χ0) is 15.6. The van der Waals surface area contributed by atoms with Crippen LogP contribution < -0.4 is 5.32 Å². The third kappa shape index (κ3) is 3.93. The predicted molar refractivity (Wildman–Crippen MR) is 72.8 cm³/mol. The standard InChI is InChI=1S/C14H9BrF5N/c15-11-5-8(1-3-13(11)17)7-21-9-2-4-12(16)10(6-9)14(18,19)20/h1-6,21H,7H2. The maximum Gasteiger partial charge on any atom is 0.419 e. The topological polar surface area (TPSA) is 12.0 Å². The number of nitrogens with one attached hydrogen (secondary N) is 1. The summed E-state index contributed by atoms with van der Waals surface area (Å²) in [6.07, 6.45) is -4.75. The Hall–Kier alpha value is -1.63. The highest BCUT2D eigenvalue weighted by molar-refractivity contribution is 9.10. The molecule has 0 atom stereocenters. The molecule has 2 rings (SSSR count). The van der Waals surface area contributed by atoms with E-state index in [0.29, 0.717) is 11.6 Å². The average molecular weight is 366 g/mol. The predicted octanol–water partition coefficient (Wildman–Crippen LogP) is 5.36. The van der Waals surface area contributed by atoms with Crippen molar-refractivity contribution >= 4 is 21.6 Å². The summed E-state index contributed by atoms with van der Waals surface area (Å²) in [6, 6.07) is 6.92. The van der Waals surface area contributed by atoms with Gasteiger partial charge in [-0.15, -0.1) is 0 Å². The molecule has 2 aromatic carbocycles. The minimum Gasteiger partial charge on any atom is -0.381 e. The monoisotopic (exact) mass is 365 g/mol. The normalized spacial score (nSPS) is 11.5. The second-order valence-corrected chi connectivity index (χ2v) is 5.15. The molecule has 0 amide bonds. The van der Waals surface area contributed by atoms with Crippen LogP contribution in [0.2, 0.25) is 0 Å². The van der Waals surface area contributed by atoms with Gasteiger partial charge in [0, 0.05) is 12.2 Å². The molecule has 0 saturated heterocycles. The van der Waals surface area contributed by atoms with Gasteiger partial charge in [0.1, 0.15) is 11.6 Å². The summed E-state index contributed by atoms with van der Waals surface area (Å²) in [5.41, 5.74) is -0.530. The first-order chi connectivity index (χ1) is 9.77. The number of rotatable bonds is 3. The van der Waals surface area contributed by atoms with Crippen molar-refractivity contribution in [3.63, 3.8) is 0 Å². The Labute approximate surface area is 125 Å². The first-order valence-corrected chi connectivity index (χ1v) is 6.61. The van der Waals surface area contributed by atoms with Crippen LogP contribution in [0.1, 0.15) is 11.1 Å². The fraction of sp³-hybridized carbons (Fsp3) is 0.143. The van der Waals surface area contributed by atoms with Gasteiger partial charge < -0.3 is 5.32 Å². The number of hydrogen-bond acceptors (Lipinski definition) is 1. The van der Waals surface area contributed by atoms with Crippen molar-refractivity contribution in [3.8, 4) is 0 Å². The molecule has 0 bridgehead atoms. The van der Waals surface area contributed by atoms with E-state index in [9.17, 15) is 22.0 Å². The summed E-state index contributed by atoms with van der Waals surface area (Å²) < 4.78 is 64.2. The molecule has 0 aliphatic rings. The highest BCUT2D eigenvalue weighted by Gasteiger charge is 2.34. The molecule has 0 aliphatic heterocycles. The minimum atomic E-state index is -4.75. The quantitative estimate of drug-likeness (QED) is 0.722. The van der Waals surface area contributed by atoms with Crippen molar-refractivity contribution in [2.75, 3.05) is 5.32 Å². The van der Waals surface area contributed by atoms with Crippen LogP contribution in [-0.2, 0) is 12.7 Å². The maximum absolute atomic E-state index is 13.1. The SMILES string of the molecule is Fc1ccc(CNc2ccc(F)c(C(F)(F)F)c2)cc1Br. The average Bonchev–Trinajstić information content (AvgIpc) is 2.40. The van der Waals surface area contributed by atoms with Crippen LogP contribution in [0.4, 0.5) is 27.6 Å². The van der Waals surface area contributed by atoms with E-state index in [1.54, 1.807) is 0 Å². The van der Waals surface area contributed by atoms with Gasteiger partial charge in [-0.25, -0.2) is 8.78 Å². The molecule has 1 nitrogen and oxygen atoms in total. The Kier molecular flexibility index (Phi) is 4.51. The molecule has 0 heterocycles. The van der Waals surface area contributed by atoms with E-state index in [2.05, 4.69) is 21.2 Å². The maximum atomic E-state index is 13.1. The van der Waals surface area contributed by atoms with Crippen molar-refractivity contribution < 1.29 is 22.0 Å². The summed E-state index contributed by atoms with van der Waals surface area (Å²) in [4.78, 5) is 0. The molecule has 7 heteroatoms. The molecule has 0 aromatic heterocycles. The Morgan fingerprint density at radius 3 is 2.24 bits per heavy atom. The smallest absolute Gasteiger partial charge is 0.381 e. The fourth-order valence-corrected chi connectivity index (χ4v) is 2.13. The number of hydrogen-bond donors (Lipinski definition) is 1. The lowest BCUT2D eigenvalue weighted by atomic mass is 10.1. The van der Waals surface area contributed by atoms with Crippen molar-refractivity contribution in [2.24, 2.45) is 0 Å². The highest BCUT2D eigenvalue weighted by Crippen LogP contribution is 2.33. The van der Waals surface area contributed by atoms with Gasteiger partial charge in [0.15, 0.2) is 0 Å². The molecule has 2 aromatic rings. The molecule has 21 heavy (non-hydrogen) atoms. The molecular weight excluding hydrogens is 357 g/mol. The van der Waals surface area contributed by atoms with Gasteiger partial charge in [-0.3, -0.25) is 0 Å². The van der Waals surface area contributed by atoms with Crippen LogP contribution in [-0.4, -0.2) is 0 Å². The number of anilines is 1. The molecule has 0 spiro atoms. The van der Waals surface area contributed by atoms with Gasteiger partial charge in [-0.1, -0.05) is 6.07 Å². The van der Waals surface area contributed by atoms with Gasteiger partial charge in [-0.2, -0.15) is 13.2 Å². The molecule has 112 valence electrons. The van der Waals surface area contributed by atoms with Crippen molar-refractivity contribution in [1.82, 2.24) is 0 Å². The first-order valence-electron chi connectivity index (χ1n) is 5.82. The van der Waals surface area contributed by atoms with Gasteiger partial charge in [-0.05, 0) is 51.8 Å². The Bertz CT molecular complexity index is 654. The van der Waals surface area contributed by atoms with Crippen LogP contribution in [0.15, 0.2) is 40.9 Å². The summed E-state index contributed by atoms with van der Waals surface area (Å²) in [5, 5.41) is 2.74.